The largest absolute Gasteiger partial charge is 0.497 e. The minimum absolute atomic E-state index is 0.0589. The Labute approximate surface area is 297 Å². The van der Waals surface area contributed by atoms with E-state index in [0.717, 1.165) is 5.56 Å². The normalized spacial score (nSPS) is 17.6. The second kappa shape index (κ2) is 17.1. The minimum atomic E-state index is -2.81. The van der Waals surface area contributed by atoms with Crippen molar-refractivity contribution in [3.8, 4) is 5.75 Å². The molecule has 1 fully saturated rings. The summed E-state index contributed by atoms with van der Waals surface area (Å²) in [4.78, 5) is 54.7. The van der Waals surface area contributed by atoms with Crippen LogP contribution in [0.1, 0.15) is 72.8 Å². The van der Waals surface area contributed by atoms with Gasteiger partial charge in [0.1, 0.15) is 23.6 Å². The number of benzene rings is 3. The molecule has 268 valence electrons. The van der Waals surface area contributed by atoms with E-state index in [9.17, 15) is 19.2 Å². The second-order valence-electron chi connectivity index (χ2n) is 13.9. The van der Waals surface area contributed by atoms with Crippen molar-refractivity contribution < 1.29 is 37.8 Å². The smallest absolute Gasteiger partial charge is 0.318 e. The van der Waals surface area contributed by atoms with Crippen LogP contribution in [0.2, 0.25) is 5.04 Å². The van der Waals surface area contributed by atoms with Gasteiger partial charge in [-0.25, -0.2) is 0 Å². The zero-order chi connectivity index (χ0) is 36.5. The summed E-state index contributed by atoms with van der Waals surface area (Å²) in [6.07, 6.45) is -0.236. The molecule has 10 heteroatoms. The third-order valence-corrected chi connectivity index (χ3v) is 14.5. The molecule has 3 aromatic carbocycles. The molecule has 4 rings (SSSR count). The lowest BCUT2D eigenvalue weighted by Gasteiger charge is -2.44. The van der Waals surface area contributed by atoms with Crippen molar-refractivity contribution in [1.29, 1.82) is 0 Å². The van der Waals surface area contributed by atoms with Crippen LogP contribution in [-0.2, 0) is 39.6 Å². The Balaban J connectivity index is 1.58. The summed E-state index contributed by atoms with van der Waals surface area (Å²) in [6, 6.07) is 26.9. The fraction of sp³-hybridized carbons (Fsp3) is 0.450. The number of methoxy groups -OCH3 is 1. The van der Waals surface area contributed by atoms with Gasteiger partial charge in [0.15, 0.2) is 0 Å². The highest BCUT2D eigenvalue weighted by Crippen LogP contribution is 2.38. The summed E-state index contributed by atoms with van der Waals surface area (Å²) in [5.74, 6) is -2.67. The molecule has 50 heavy (non-hydrogen) atoms. The first-order valence-corrected chi connectivity index (χ1v) is 19.3. The Hall–Kier alpha value is -4.28. The molecule has 1 unspecified atom stereocenters. The molecule has 0 aromatic heterocycles. The number of hydrogen-bond donors (Lipinski definition) is 0. The molecule has 0 spiro atoms. The molecule has 1 amide bonds. The van der Waals surface area contributed by atoms with E-state index in [1.54, 1.807) is 26.2 Å². The molecule has 0 saturated carbocycles. The molecular weight excluding hydrogens is 651 g/mol. The van der Waals surface area contributed by atoms with Crippen LogP contribution in [0.3, 0.4) is 0 Å². The first kappa shape index (κ1) is 38.5. The number of amides is 1. The van der Waals surface area contributed by atoms with E-state index in [0.29, 0.717) is 18.6 Å². The van der Waals surface area contributed by atoms with Crippen molar-refractivity contribution in [2.24, 2.45) is 5.92 Å². The van der Waals surface area contributed by atoms with E-state index in [-0.39, 0.29) is 48.8 Å². The van der Waals surface area contributed by atoms with Crippen LogP contribution >= 0.6 is 0 Å². The average Bonchev–Trinajstić information content (AvgIpc) is 3.36. The second-order valence-corrected chi connectivity index (χ2v) is 18.1. The predicted molar refractivity (Wildman–Crippen MR) is 195 cm³/mol. The Morgan fingerprint density at radius 2 is 1.50 bits per heavy atom. The van der Waals surface area contributed by atoms with Gasteiger partial charge in [-0.15, -0.1) is 0 Å². The molecule has 1 aliphatic rings. The molecule has 4 atom stereocenters. The lowest BCUT2D eigenvalue weighted by Crippen LogP contribution is -2.67. The van der Waals surface area contributed by atoms with E-state index in [2.05, 4.69) is 45.0 Å². The predicted octanol–water partition coefficient (Wildman–Crippen LogP) is 5.61. The number of Topliss-reactive ketones (excluding diaryl/α,β-unsaturated/α-hetero) is 1. The summed E-state index contributed by atoms with van der Waals surface area (Å²) in [5, 5.41) is 2.13. The highest BCUT2D eigenvalue weighted by Gasteiger charge is 2.52. The maximum Gasteiger partial charge on any atom is 0.318 e. The number of carbonyl (C=O) groups is 4. The quantitative estimate of drug-likeness (QED) is 0.108. The van der Waals surface area contributed by atoms with Gasteiger partial charge in [0, 0.05) is 26.0 Å². The molecule has 3 aromatic rings. The molecule has 0 aliphatic carbocycles. The molecule has 1 aliphatic heterocycles. The van der Waals surface area contributed by atoms with Gasteiger partial charge in [-0.1, -0.05) is 93.6 Å². The average molecular weight is 702 g/mol. The van der Waals surface area contributed by atoms with Crippen LogP contribution in [0.4, 0.5) is 0 Å². The zero-order valence-corrected chi connectivity index (χ0v) is 31.3. The van der Waals surface area contributed by atoms with Crippen LogP contribution < -0.4 is 15.1 Å². The number of ketones is 1. The van der Waals surface area contributed by atoms with E-state index in [1.165, 1.54) is 22.2 Å². The lowest BCUT2D eigenvalue weighted by atomic mass is 9.88. The van der Waals surface area contributed by atoms with Crippen LogP contribution in [0, 0.1) is 5.92 Å². The molecule has 1 heterocycles. The Morgan fingerprint density at radius 1 is 0.920 bits per heavy atom. The summed E-state index contributed by atoms with van der Waals surface area (Å²) >= 11 is 0. The van der Waals surface area contributed by atoms with E-state index in [4.69, 9.17) is 18.6 Å². The van der Waals surface area contributed by atoms with E-state index >= 15 is 0 Å². The third kappa shape index (κ3) is 8.89. The van der Waals surface area contributed by atoms with Crippen molar-refractivity contribution in [3.63, 3.8) is 0 Å². The van der Waals surface area contributed by atoms with E-state index < -0.39 is 38.3 Å². The van der Waals surface area contributed by atoms with Crippen molar-refractivity contribution in [3.05, 3.63) is 90.5 Å². The third-order valence-electron chi connectivity index (χ3n) is 9.32. The highest BCUT2D eigenvalue weighted by atomic mass is 28.4. The van der Waals surface area contributed by atoms with Gasteiger partial charge in [-0.3, -0.25) is 19.2 Å². The number of likely N-dealkylation sites (tertiary alicyclic amines) is 1. The number of ether oxygens (including phenoxy) is 3. The molecular formula is C40H51NO8Si. The maximum atomic E-state index is 14.1. The first-order valence-electron chi connectivity index (χ1n) is 17.4. The highest BCUT2D eigenvalue weighted by molar-refractivity contribution is 6.99. The van der Waals surface area contributed by atoms with Gasteiger partial charge < -0.3 is 23.5 Å². The summed E-state index contributed by atoms with van der Waals surface area (Å²) in [5.41, 5.74) is 0.775. The van der Waals surface area contributed by atoms with Gasteiger partial charge in [0.05, 0.1) is 26.2 Å². The molecule has 9 nitrogen and oxygen atoms in total. The van der Waals surface area contributed by atoms with Crippen molar-refractivity contribution in [2.45, 2.75) is 97.1 Å². The number of hydrogen-bond acceptors (Lipinski definition) is 8. The van der Waals surface area contributed by atoms with Gasteiger partial charge in [0.25, 0.3) is 8.32 Å². The van der Waals surface area contributed by atoms with E-state index in [1.807, 2.05) is 55.5 Å². The van der Waals surface area contributed by atoms with Crippen molar-refractivity contribution >= 4 is 42.3 Å². The minimum Gasteiger partial charge on any atom is -0.497 e. The van der Waals surface area contributed by atoms with Crippen LogP contribution in [0.5, 0.6) is 5.75 Å². The number of nitrogens with zero attached hydrogens (tertiary/aromatic N) is 1. The molecule has 1 saturated heterocycles. The van der Waals surface area contributed by atoms with Gasteiger partial charge >= 0.3 is 11.9 Å². The Bertz CT molecular complexity index is 1550. The van der Waals surface area contributed by atoms with Crippen molar-refractivity contribution in [1.82, 2.24) is 4.90 Å². The number of rotatable bonds is 16. The summed E-state index contributed by atoms with van der Waals surface area (Å²) < 4.78 is 23.4. The SMILES string of the molecule is CCOC(=O)C(C(=O)CCC[C@H](C)O[Si](c1ccccc1)(c1ccccc1)C(C)(C)C)[C@@H]1[C@@H](OC(C)=O)CC(=O)N1Cc1ccc(OC)cc1. The fourth-order valence-electron chi connectivity index (χ4n) is 7.08. The Morgan fingerprint density at radius 3 is 2.00 bits per heavy atom. The standard InChI is InChI=1S/C40H51NO8Si/c1-8-47-39(45)37(38-35(48-29(3)42)26-36(44)41(38)27-30-22-24-31(46-7)25-23-30)34(43)21-15-16-28(2)49-50(40(4,5)6,32-17-11-9-12-18-32)33-19-13-10-14-20-33/h9-14,17-20,22-25,28,35,37-38H,8,15-16,21,26-27H2,1-7H3/t28-,35-,37?,38-/m0/s1. The monoisotopic (exact) mass is 701 g/mol. The zero-order valence-electron chi connectivity index (χ0n) is 30.3. The lowest BCUT2D eigenvalue weighted by molar-refractivity contribution is -0.161. The molecule has 0 radical (unpaired) electrons. The first-order chi connectivity index (χ1) is 23.8. The molecule has 0 N–H and O–H groups in total. The number of esters is 2. The summed E-state index contributed by atoms with van der Waals surface area (Å²) in [6.45, 7) is 11.8. The van der Waals surface area contributed by atoms with Crippen LogP contribution in [0.15, 0.2) is 84.9 Å². The van der Waals surface area contributed by atoms with Gasteiger partial charge in [-0.2, -0.15) is 0 Å². The van der Waals surface area contributed by atoms with Crippen LogP contribution in [0.25, 0.3) is 0 Å². The number of carbonyl (C=O) groups excluding carboxylic acids is 4. The Kier molecular flexibility index (Phi) is 13.2. The van der Waals surface area contributed by atoms with Crippen LogP contribution in [-0.4, -0.2) is 68.8 Å². The maximum absolute atomic E-state index is 14.1. The summed E-state index contributed by atoms with van der Waals surface area (Å²) in [7, 11) is -1.24. The topological polar surface area (TPSA) is 108 Å². The van der Waals surface area contributed by atoms with Gasteiger partial charge in [-0.05, 0) is 59.8 Å². The van der Waals surface area contributed by atoms with Gasteiger partial charge in [0.2, 0.25) is 5.91 Å². The fourth-order valence-corrected chi connectivity index (χ4v) is 11.8. The van der Waals surface area contributed by atoms with Crippen molar-refractivity contribution in [2.75, 3.05) is 13.7 Å². The molecule has 0 bridgehead atoms.